The van der Waals surface area contributed by atoms with Gasteiger partial charge in [-0.2, -0.15) is 0 Å². The van der Waals surface area contributed by atoms with Gasteiger partial charge in [-0.1, -0.05) is 154 Å². The van der Waals surface area contributed by atoms with Gasteiger partial charge in [-0.05, 0) is 276 Å². The van der Waals surface area contributed by atoms with E-state index in [1.807, 2.05) is 168 Å². The van der Waals surface area contributed by atoms with Gasteiger partial charge in [0.1, 0.15) is 17.4 Å². The summed E-state index contributed by atoms with van der Waals surface area (Å²) in [5.41, 5.74) is 11.4. The average Bonchev–Trinajstić information content (AvgIpc) is 1.59. The minimum Gasteiger partial charge on any atom is -0.406 e. The van der Waals surface area contributed by atoms with Crippen LogP contribution in [0.4, 0.5) is 68.8 Å². The van der Waals surface area contributed by atoms with Gasteiger partial charge in [0.2, 0.25) is 59.3 Å². The number of aromatic nitrogens is 10. The van der Waals surface area contributed by atoms with Crippen molar-refractivity contribution in [2.24, 2.45) is 10.8 Å². The van der Waals surface area contributed by atoms with Crippen LogP contribution in [0.5, 0.6) is 5.75 Å². The van der Waals surface area contributed by atoms with E-state index in [4.69, 9.17) is 31.3 Å². The van der Waals surface area contributed by atoms with E-state index < -0.39 is 34.8 Å². The molecule has 8 N–H and O–H groups in total. The average molecular weight is 2000 g/mol. The Labute approximate surface area is 848 Å². The molecule has 19 rings (SSSR count). The first-order valence-corrected chi connectivity index (χ1v) is 48.9. The van der Waals surface area contributed by atoms with Gasteiger partial charge in [0, 0.05) is 51.8 Å². The molecule has 33 heteroatoms. The molecule has 0 bridgehead atoms. The number of anilines is 5. The molecule has 4 saturated carbocycles. The highest BCUT2D eigenvalue weighted by Gasteiger charge is 2.43. The maximum Gasteiger partial charge on any atom is 0.573 e. The Hall–Kier alpha value is -15.0. The van der Waals surface area contributed by atoms with Crippen molar-refractivity contribution in [3.63, 3.8) is 0 Å². The minimum absolute atomic E-state index is 0.0302. The van der Waals surface area contributed by atoms with E-state index in [-0.39, 0.29) is 93.6 Å². The Morgan fingerprint density at radius 3 is 1.07 bits per heavy atom. The first-order valence-electron chi connectivity index (χ1n) is 48.5. The number of nitrogens with zero attached hydrogens (tertiary/aromatic N) is 13. The molecule has 756 valence electrons. The van der Waals surface area contributed by atoms with Crippen LogP contribution in [-0.4, -0.2) is 99.0 Å². The molecule has 146 heavy (non-hydrogen) atoms. The van der Waals surface area contributed by atoms with Crippen LogP contribution < -0.4 is 31.3 Å². The number of nitrogens with one attached hydrogen (secondary N) is 5. The van der Waals surface area contributed by atoms with Gasteiger partial charge < -0.3 is 33.8 Å². The molecule has 4 aliphatic rings. The second-order valence-electron chi connectivity index (χ2n) is 41.8. The second-order valence-corrected chi connectivity index (χ2v) is 42.2. The lowest BCUT2D eigenvalue weighted by molar-refractivity contribution is -0.274. The fourth-order valence-corrected chi connectivity index (χ4v) is 19.5. The van der Waals surface area contributed by atoms with Gasteiger partial charge in [0.25, 0.3) is 0 Å². The number of imidazole rings is 5. The molecule has 15 aromatic rings. The van der Waals surface area contributed by atoms with Gasteiger partial charge >= 0.3 is 6.36 Å². The number of carbonyl (C=O) groups excluding carboxylic acids is 5. The molecule has 5 aromatic heterocycles. The van der Waals surface area contributed by atoms with Crippen LogP contribution >= 0.6 is 11.6 Å². The number of benzene rings is 10. The summed E-state index contributed by atoms with van der Waals surface area (Å²) in [5, 5.41) is 47.5. The molecular formula is C113H118ClF5N18O9. The van der Waals surface area contributed by atoms with Gasteiger partial charge in [-0.15, -0.1) is 13.2 Å². The van der Waals surface area contributed by atoms with Crippen LogP contribution in [0.2, 0.25) is 5.02 Å². The number of ether oxygens (including phenoxy) is 1. The largest absolute Gasteiger partial charge is 0.573 e. The molecule has 3 atom stereocenters. The molecule has 5 heterocycles. The Bertz CT molecular complexity index is 7420. The number of fused-ring (bicyclic) bond motifs is 5. The fourth-order valence-electron chi connectivity index (χ4n) is 19.2. The van der Waals surface area contributed by atoms with E-state index in [0.29, 0.717) is 97.6 Å². The van der Waals surface area contributed by atoms with Crippen molar-refractivity contribution in [2.75, 3.05) is 26.6 Å². The van der Waals surface area contributed by atoms with Crippen LogP contribution in [0, 0.1) is 69.9 Å². The van der Waals surface area contributed by atoms with Crippen molar-refractivity contribution in [1.29, 1.82) is 0 Å². The van der Waals surface area contributed by atoms with Gasteiger partial charge in [0.05, 0.1) is 117 Å². The van der Waals surface area contributed by atoms with Crippen molar-refractivity contribution in [1.82, 2.24) is 47.8 Å². The lowest BCUT2D eigenvalue weighted by Crippen LogP contribution is -2.38. The van der Waals surface area contributed by atoms with Crippen molar-refractivity contribution in [3.8, 4) is 17.1 Å². The quantitative estimate of drug-likeness (QED) is 0.0218. The normalized spacial score (nSPS) is 15.8. The second kappa shape index (κ2) is 42.0. The van der Waals surface area contributed by atoms with Gasteiger partial charge in [-0.3, -0.25) is 59.7 Å². The maximum absolute atomic E-state index is 13.8. The summed E-state index contributed by atoms with van der Waals surface area (Å²) in [6.45, 7) is 49.0. The zero-order valence-corrected chi connectivity index (χ0v) is 84.8. The molecule has 0 unspecified atom stereocenters. The van der Waals surface area contributed by atoms with Crippen molar-refractivity contribution >= 4 is 143 Å². The summed E-state index contributed by atoms with van der Waals surface area (Å²) >= 11 is 6.21. The van der Waals surface area contributed by atoms with Crippen molar-refractivity contribution < 1.29 is 66.0 Å². The van der Waals surface area contributed by atoms with Gasteiger partial charge in [0.15, 0.2) is 17.1 Å². The molecule has 4 fully saturated rings. The lowest BCUT2D eigenvalue weighted by Gasteiger charge is -2.41. The van der Waals surface area contributed by atoms with Crippen molar-refractivity contribution in [3.05, 3.63) is 296 Å². The van der Waals surface area contributed by atoms with E-state index in [9.17, 15) is 61.2 Å². The third-order valence-corrected chi connectivity index (χ3v) is 28.0. The monoisotopic (exact) mass is 2000 g/mol. The number of aliphatic hydroxyl groups is 3. The highest BCUT2D eigenvalue weighted by Crippen LogP contribution is 2.49. The summed E-state index contributed by atoms with van der Waals surface area (Å²) in [5.74, 6) is -1.01. The minimum atomic E-state index is -4.76. The zero-order valence-electron chi connectivity index (χ0n) is 84.0. The van der Waals surface area contributed by atoms with E-state index in [1.165, 1.54) is 36.4 Å². The van der Waals surface area contributed by atoms with Crippen LogP contribution in [0.3, 0.4) is 0 Å². The predicted molar refractivity (Wildman–Crippen MR) is 559 cm³/mol. The van der Waals surface area contributed by atoms with Crippen LogP contribution in [0.15, 0.2) is 206 Å². The first kappa shape index (κ1) is 105. The SMILES string of the molecule is Cc1ccc2nc(NC(=O)CC(C)(C)C)n(-c3ccc(OC(F)(F)F)cc3)c2c1.Cc1ccc2nc(NC(=O)CC3(C)CCC3)n(-c3cc(F)cc(F)c3)c2c1.[C-]#[N+]c1ccc2nc(NC(=O)C[C@](C)(O)c3ccc(C)cc3)n(C3(C)CCC3)c2c1.[C-]#[N+]c1ccc2nc(NC(=O)C[C@](C)(O)c3ccc(C)cc3)n(C3(C)CCC3)c2c1.[C-]#[N+]c1ccc2nc(NC(=O)C[C@](C)(O)c3ccccc3Cl)n(C3(C)CCC3)c2c1. The molecule has 0 saturated heterocycles. The van der Waals surface area contributed by atoms with Crippen LogP contribution in [-0.2, 0) is 57.4 Å². The Morgan fingerprint density at radius 1 is 0.390 bits per heavy atom. The highest BCUT2D eigenvalue weighted by atomic mass is 35.5. The van der Waals surface area contributed by atoms with Crippen LogP contribution in [0.1, 0.15) is 217 Å². The van der Waals surface area contributed by atoms with Gasteiger partial charge in [-0.25, -0.2) is 48.2 Å². The molecule has 5 amide bonds. The fraction of sp³-hybridized carbons (Fsp3) is 0.354. The third kappa shape index (κ3) is 24.3. The Kier molecular flexibility index (Phi) is 30.3. The zero-order chi connectivity index (χ0) is 105. The number of alkyl halides is 3. The summed E-state index contributed by atoms with van der Waals surface area (Å²) in [6.07, 6.45) is 8.09. The predicted octanol–water partition coefficient (Wildman–Crippen LogP) is 26.2. The lowest BCUT2D eigenvalue weighted by atomic mass is 9.68. The van der Waals surface area contributed by atoms with E-state index in [1.54, 1.807) is 78.4 Å². The standard InChI is InChI=1S/2C24H26N4O2.C23H23ClN4O2.C21H22F3N3O2.C21H21F2N3O/c2*1-16-6-8-17(9-7-16)24(3,30)15-21(29)27-22-26-19-11-10-18(25-4)14-20(19)28(22)23(2)12-5-13-23;1-22(11-6-12-22)28-19-13-15(25-3)9-10-18(19)26-21(28)27-20(29)14-23(2,30)16-7-4-5-8-17(16)24;1-13-5-10-16-17(11-13)27(19(25-16)26-18(28)12-20(2,3)4)14-6-8-15(9-7-14)29-21(22,23)24;1-13-4-5-17-18(8-13)26(16-10-14(22)9-15(23)11-16)20(24-17)25-19(27)12-21(2)6-3-7-21/h2*6-11,14,30H,5,12-13,15H2,1-3H3,(H,26,27,29);4-5,7-10,13,30H,6,11-12,14H2,1-2H3,(H,26,27,29);5-11H,12H2,1-4H3,(H,25,26,28);4-5,8-11H,3,6-7,12H2,1-2H3,(H,24,25,27)/t2*24-;23-;;/m000../s1. The highest BCUT2D eigenvalue weighted by molar-refractivity contribution is 6.31. The van der Waals surface area contributed by atoms with Crippen LogP contribution in [0.25, 0.3) is 81.1 Å². The molecule has 0 radical (unpaired) electrons. The Balaban J connectivity index is 0.000000137. The molecular weight excluding hydrogens is 1880 g/mol. The number of halogens is 6. The number of rotatable bonds is 23. The molecule has 0 aliphatic heterocycles. The first-order chi connectivity index (χ1) is 68.9. The third-order valence-electron chi connectivity index (χ3n) is 27.7. The summed E-state index contributed by atoms with van der Waals surface area (Å²) in [4.78, 5) is 97.1. The summed E-state index contributed by atoms with van der Waals surface area (Å²) in [7, 11) is 0. The summed E-state index contributed by atoms with van der Waals surface area (Å²) in [6, 6.07) is 58.2. The number of aryl methyl sites for hydroxylation is 4. The topological polar surface area (TPSA) is 318 Å². The smallest absolute Gasteiger partial charge is 0.406 e. The Morgan fingerprint density at radius 2 is 0.719 bits per heavy atom. The molecule has 27 nitrogen and oxygen atoms in total. The van der Waals surface area contributed by atoms with Crippen molar-refractivity contribution in [2.45, 2.75) is 246 Å². The molecule has 0 spiro atoms. The number of hydrogen-bond donors (Lipinski definition) is 8. The van der Waals surface area contributed by atoms with E-state index in [2.05, 4.69) is 108 Å². The molecule has 4 aliphatic carbocycles. The summed E-state index contributed by atoms with van der Waals surface area (Å²) < 4.78 is 78.3. The molecule has 10 aromatic carbocycles. The van der Waals surface area contributed by atoms with E-state index in [0.717, 1.165) is 144 Å². The van der Waals surface area contributed by atoms with E-state index >= 15 is 0 Å². The maximum atomic E-state index is 13.8. The number of hydrogen-bond acceptors (Lipinski definition) is 14. The number of carbonyl (C=O) groups is 5. The number of amides is 5.